The Bertz CT molecular complexity index is 849. The van der Waals surface area contributed by atoms with Gasteiger partial charge >= 0.3 is 0 Å². The first-order valence-corrected chi connectivity index (χ1v) is 8.64. The molecule has 0 atom stereocenters. The average molecular weight is 391 g/mol. The molecular weight excluding hydrogens is 370 g/mol. The number of nitrogen functional groups attached to an aromatic ring is 1. The number of anilines is 2. The van der Waals surface area contributed by atoms with E-state index in [1.54, 1.807) is 25.4 Å². The molecule has 0 spiro atoms. The smallest absolute Gasteiger partial charge is 0.247 e. The van der Waals surface area contributed by atoms with Crippen molar-refractivity contribution in [2.24, 2.45) is 5.10 Å². The zero-order valence-corrected chi connectivity index (χ0v) is 15.9. The summed E-state index contributed by atoms with van der Waals surface area (Å²) in [6, 6.07) is 4.90. The number of thiocarbonyl (C=S) groups is 1. The van der Waals surface area contributed by atoms with Crippen molar-refractivity contribution in [2.45, 2.75) is 0 Å². The van der Waals surface area contributed by atoms with Gasteiger partial charge < -0.3 is 25.2 Å². The number of morpholine rings is 1. The first kappa shape index (κ1) is 18.9. The fourth-order valence-electron chi connectivity index (χ4n) is 2.47. The second-order valence-electron chi connectivity index (χ2n) is 5.76. The number of hydrogen-bond donors (Lipinski definition) is 2. The number of nitrogens with two attached hydrogens (primary N) is 1. The number of methoxy groups -OCH3 is 1. The Morgan fingerprint density at radius 3 is 2.89 bits per heavy atom. The van der Waals surface area contributed by atoms with Crippen molar-refractivity contribution >= 4 is 35.4 Å². The summed E-state index contributed by atoms with van der Waals surface area (Å²) >= 11 is 5.41. The average Bonchev–Trinajstić information content (AvgIpc) is 3.08. The van der Waals surface area contributed by atoms with Crippen LogP contribution in [-0.4, -0.2) is 76.7 Å². The molecule has 1 saturated heterocycles. The van der Waals surface area contributed by atoms with Crippen molar-refractivity contribution in [2.75, 3.05) is 51.1 Å². The molecule has 27 heavy (non-hydrogen) atoms. The summed E-state index contributed by atoms with van der Waals surface area (Å²) in [5.74, 6) is 1.12. The fraction of sp³-hybridized carbons (Fsp3) is 0.375. The molecule has 1 aliphatic rings. The van der Waals surface area contributed by atoms with Gasteiger partial charge in [-0.2, -0.15) is 14.8 Å². The Labute approximate surface area is 161 Å². The standard InChI is InChI=1S/C16H21N7O3S/c1-21(18-10-11-3-4-12(24)13(9-11)25-2)16(27)23-14(17)19-15(20-23)22-5-7-26-8-6-22/h3-4,9-10,24H,5-8H2,1-2H3,(H2,17,19,20)/b18-10+. The monoisotopic (exact) mass is 391 g/mol. The predicted octanol–water partition coefficient (Wildman–Crippen LogP) is 0.510. The van der Waals surface area contributed by atoms with Crippen LogP contribution >= 0.6 is 12.2 Å². The Balaban J connectivity index is 1.72. The van der Waals surface area contributed by atoms with E-state index in [0.29, 0.717) is 38.0 Å². The van der Waals surface area contributed by atoms with Crippen molar-refractivity contribution in [1.29, 1.82) is 0 Å². The lowest BCUT2D eigenvalue weighted by Gasteiger charge is -2.25. The van der Waals surface area contributed by atoms with E-state index in [2.05, 4.69) is 15.2 Å². The van der Waals surface area contributed by atoms with E-state index in [-0.39, 0.29) is 16.8 Å². The van der Waals surface area contributed by atoms with Gasteiger partial charge in [-0.1, -0.05) is 0 Å². The van der Waals surface area contributed by atoms with Gasteiger partial charge in [-0.25, -0.2) is 5.01 Å². The first-order chi connectivity index (χ1) is 13.0. The van der Waals surface area contributed by atoms with Gasteiger partial charge in [-0.05, 0) is 36.0 Å². The third kappa shape index (κ3) is 4.26. The molecule has 0 aliphatic carbocycles. The topological polar surface area (TPSA) is 114 Å². The van der Waals surface area contributed by atoms with Crippen molar-refractivity contribution in [3.8, 4) is 11.5 Å². The molecule has 3 rings (SSSR count). The molecule has 1 fully saturated rings. The van der Waals surface area contributed by atoms with Crippen LogP contribution in [0.4, 0.5) is 11.9 Å². The van der Waals surface area contributed by atoms with Crippen LogP contribution in [0.2, 0.25) is 0 Å². The molecule has 2 aromatic rings. The number of phenolic OH excluding ortho intramolecular Hbond substituents is 1. The Hall–Kier alpha value is -2.92. The van der Waals surface area contributed by atoms with Gasteiger partial charge in [-0.15, -0.1) is 5.10 Å². The number of aromatic hydroxyl groups is 1. The summed E-state index contributed by atoms with van der Waals surface area (Å²) < 4.78 is 11.8. The maximum atomic E-state index is 9.64. The van der Waals surface area contributed by atoms with Crippen LogP contribution in [0.1, 0.15) is 5.56 Å². The van der Waals surface area contributed by atoms with Crippen molar-refractivity contribution in [3.63, 3.8) is 0 Å². The normalized spacial score (nSPS) is 14.5. The largest absolute Gasteiger partial charge is 0.504 e. The number of benzene rings is 1. The van der Waals surface area contributed by atoms with Gasteiger partial charge in [0.05, 0.1) is 26.5 Å². The van der Waals surface area contributed by atoms with Crippen LogP contribution < -0.4 is 15.4 Å². The molecule has 1 aromatic carbocycles. The second kappa shape index (κ2) is 8.18. The summed E-state index contributed by atoms with van der Waals surface area (Å²) in [6.07, 6.45) is 1.59. The van der Waals surface area contributed by atoms with Gasteiger partial charge in [0.2, 0.25) is 17.0 Å². The molecule has 10 nitrogen and oxygen atoms in total. The van der Waals surface area contributed by atoms with E-state index >= 15 is 0 Å². The predicted molar refractivity (Wildman–Crippen MR) is 105 cm³/mol. The SMILES string of the molecule is COc1cc(/C=N/N(C)C(=S)n2nc(N3CCOCC3)nc2N)ccc1O. The molecule has 3 N–H and O–H groups in total. The lowest BCUT2D eigenvalue weighted by atomic mass is 10.2. The van der Waals surface area contributed by atoms with E-state index in [1.807, 2.05) is 4.90 Å². The molecule has 11 heteroatoms. The number of nitrogens with zero attached hydrogens (tertiary/aromatic N) is 6. The van der Waals surface area contributed by atoms with Gasteiger partial charge in [0.15, 0.2) is 11.5 Å². The number of phenols is 1. The van der Waals surface area contributed by atoms with Gasteiger partial charge in [0.25, 0.3) is 0 Å². The highest BCUT2D eigenvalue weighted by atomic mass is 32.1. The highest BCUT2D eigenvalue weighted by Gasteiger charge is 2.20. The van der Waals surface area contributed by atoms with E-state index in [4.69, 9.17) is 27.4 Å². The zero-order chi connectivity index (χ0) is 19.4. The summed E-state index contributed by atoms with van der Waals surface area (Å²) in [5.41, 5.74) is 6.71. The van der Waals surface area contributed by atoms with E-state index in [9.17, 15) is 5.11 Å². The Kier molecular flexibility index (Phi) is 5.72. The van der Waals surface area contributed by atoms with Gasteiger partial charge in [-0.3, -0.25) is 0 Å². The molecule has 2 heterocycles. The second-order valence-corrected chi connectivity index (χ2v) is 6.13. The van der Waals surface area contributed by atoms with Crippen LogP contribution in [0.5, 0.6) is 11.5 Å². The van der Waals surface area contributed by atoms with Crippen LogP contribution in [-0.2, 0) is 4.74 Å². The first-order valence-electron chi connectivity index (χ1n) is 8.24. The molecule has 1 aliphatic heterocycles. The van der Waals surface area contributed by atoms with E-state index < -0.39 is 0 Å². The van der Waals surface area contributed by atoms with E-state index in [0.717, 1.165) is 5.56 Å². The third-order valence-corrected chi connectivity index (χ3v) is 4.39. The van der Waals surface area contributed by atoms with Crippen LogP contribution in [0.15, 0.2) is 23.3 Å². The highest BCUT2D eigenvalue weighted by Crippen LogP contribution is 2.25. The Morgan fingerprint density at radius 2 is 2.19 bits per heavy atom. The maximum absolute atomic E-state index is 9.64. The van der Waals surface area contributed by atoms with E-state index in [1.165, 1.54) is 22.9 Å². The number of hydrazone groups is 1. The van der Waals surface area contributed by atoms with Crippen LogP contribution in [0.3, 0.4) is 0 Å². The summed E-state index contributed by atoms with van der Waals surface area (Å²) in [5, 5.41) is 20.1. The Morgan fingerprint density at radius 1 is 1.44 bits per heavy atom. The number of aromatic nitrogens is 3. The lowest BCUT2D eigenvalue weighted by Crippen LogP contribution is -2.37. The van der Waals surface area contributed by atoms with Gasteiger partial charge in [0, 0.05) is 20.1 Å². The third-order valence-electron chi connectivity index (χ3n) is 3.96. The molecule has 1 aromatic heterocycles. The molecule has 0 amide bonds. The lowest BCUT2D eigenvalue weighted by molar-refractivity contribution is 0.122. The molecule has 0 saturated carbocycles. The van der Waals surface area contributed by atoms with Crippen molar-refractivity contribution in [1.82, 2.24) is 19.8 Å². The molecule has 0 radical (unpaired) electrons. The molecule has 0 bridgehead atoms. The summed E-state index contributed by atoms with van der Waals surface area (Å²) in [6.45, 7) is 2.65. The minimum absolute atomic E-state index is 0.0598. The minimum Gasteiger partial charge on any atom is -0.504 e. The van der Waals surface area contributed by atoms with Crippen LogP contribution in [0.25, 0.3) is 0 Å². The van der Waals surface area contributed by atoms with Crippen molar-refractivity contribution in [3.05, 3.63) is 23.8 Å². The molecule has 144 valence electrons. The quantitative estimate of drug-likeness (QED) is 0.437. The number of ether oxygens (including phenoxy) is 2. The zero-order valence-electron chi connectivity index (χ0n) is 15.1. The minimum atomic E-state index is 0.0598. The maximum Gasteiger partial charge on any atom is 0.247 e. The summed E-state index contributed by atoms with van der Waals surface area (Å²) in [4.78, 5) is 6.27. The molecule has 0 unspecified atom stereocenters. The number of rotatable bonds is 4. The van der Waals surface area contributed by atoms with Crippen LogP contribution in [0, 0.1) is 0 Å². The fourth-order valence-corrected chi connectivity index (χ4v) is 2.65. The summed E-state index contributed by atoms with van der Waals surface area (Å²) in [7, 11) is 3.17. The number of hydrogen-bond acceptors (Lipinski definition) is 9. The van der Waals surface area contributed by atoms with Gasteiger partial charge in [0.1, 0.15) is 0 Å². The molecular formula is C16H21N7O3S. The van der Waals surface area contributed by atoms with Crippen molar-refractivity contribution < 1.29 is 14.6 Å². The highest BCUT2D eigenvalue weighted by molar-refractivity contribution is 7.80.